The molecular formula is C15H17ClN2OS2. The molecule has 1 aromatic carbocycles. The highest BCUT2D eigenvalue weighted by Crippen LogP contribution is 2.39. The molecule has 2 aromatic rings. The van der Waals surface area contributed by atoms with Gasteiger partial charge in [0.15, 0.2) is 0 Å². The second-order valence-electron chi connectivity index (χ2n) is 5.14. The molecule has 0 aliphatic carbocycles. The third kappa shape index (κ3) is 3.15. The molecule has 6 heteroatoms. The molecule has 1 aliphatic rings. The Kier molecular flexibility index (Phi) is 4.33. The quantitative estimate of drug-likeness (QED) is 0.789. The minimum Gasteiger partial charge on any atom is -0.249 e. The topological polar surface area (TPSA) is 42.3 Å². The van der Waals surface area contributed by atoms with Crippen LogP contribution in [0, 0.1) is 0 Å². The highest BCUT2D eigenvalue weighted by Gasteiger charge is 2.31. The van der Waals surface area contributed by atoms with Gasteiger partial charge in [-0.05, 0) is 37.0 Å². The third-order valence-electron chi connectivity index (χ3n) is 3.72. The van der Waals surface area contributed by atoms with E-state index in [1.807, 2.05) is 29.6 Å². The van der Waals surface area contributed by atoms with Gasteiger partial charge in [-0.1, -0.05) is 30.7 Å². The molecule has 21 heavy (non-hydrogen) atoms. The Bertz CT molecular complexity index is 745. The molecule has 0 N–H and O–H groups in total. The van der Waals surface area contributed by atoms with Gasteiger partial charge in [0, 0.05) is 16.2 Å². The Morgan fingerprint density at radius 2 is 2.19 bits per heavy atom. The van der Waals surface area contributed by atoms with E-state index in [0.717, 1.165) is 30.5 Å². The van der Waals surface area contributed by atoms with Crippen LogP contribution in [0.5, 0.6) is 0 Å². The van der Waals surface area contributed by atoms with Gasteiger partial charge in [0.1, 0.15) is 0 Å². The molecule has 0 spiro atoms. The normalized spacial score (nSPS) is 25.1. The lowest BCUT2D eigenvalue weighted by Gasteiger charge is -2.13. The van der Waals surface area contributed by atoms with Crippen molar-refractivity contribution in [1.29, 1.82) is 0 Å². The van der Waals surface area contributed by atoms with E-state index in [-0.39, 0.29) is 5.25 Å². The van der Waals surface area contributed by atoms with Crippen LogP contribution in [-0.4, -0.2) is 14.9 Å². The van der Waals surface area contributed by atoms with Crippen LogP contribution >= 0.6 is 22.9 Å². The van der Waals surface area contributed by atoms with Gasteiger partial charge < -0.3 is 0 Å². The zero-order valence-electron chi connectivity index (χ0n) is 11.8. The Hall–Kier alpha value is -0.910. The summed E-state index contributed by atoms with van der Waals surface area (Å²) in [6, 6.07) is 7.64. The fourth-order valence-electron chi connectivity index (χ4n) is 2.60. The van der Waals surface area contributed by atoms with E-state index in [4.69, 9.17) is 11.6 Å². The van der Waals surface area contributed by atoms with Gasteiger partial charge in [0.2, 0.25) is 5.13 Å². The highest BCUT2D eigenvalue weighted by atomic mass is 35.5. The molecule has 1 saturated heterocycles. The lowest BCUT2D eigenvalue weighted by Crippen LogP contribution is -2.07. The van der Waals surface area contributed by atoms with E-state index in [1.54, 1.807) is 0 Å². The average Bonchev–Trinajstić information content (AvgIpc) is 3.07. The lowest BCUT2D eigenvalue weighted by atomic mass is 10.1. The largest absolute Gasteiger partial charge is 0.249 e. The second-order valence-corrected chi connectivity index (χ2v) is 8.96. The number of benzene rings is 1. The van der Waals surface area contributed by atoms with Crippen LogP contribution in [0.1, 0.15) is 36.3 Å². The van der Waals surface area contributed by atoms with E-state index in [1.165, 1.54) is 11.3 Å². The molecule has 0 amide bonds. The first-order valence-electron chi connectivity index (χ1n) is 7.04. The van der Waals surface area contributed by atoms with Crippen molar-refractivity contribution in [1.82, 2.24) is 4.98 Å². The molecule has 2 atom stereocenters. The van der Waals surface area contributed by atoms with Crippen molar-refractivity contribution in [3.8, 4) is 0 Å². The molecule has 3 rings (SSSR count). The Morgan fingerprint density at radius 1 is 1.43 bits per heavy atom. The summed E-state index contributed by atoms with van der Waals surface area (Å²) in [5.74, 6) is 0.654. The monoisotopic (exact) mass is 340 g/mol. The molecule has 2 unspecified atom stereocenters. The number of hydrogen-bond donors (Lipinski definition) is 0. The maximum Gasteiger partial charge on any atom is 0.217 e. The van der Waals surface area contributed by atoms with Crippen molar-refractivity contribution >= 4 is 37.8 Å². The van der Waals surface area contributed by atoms with Crippen molar-refractivity contribution in [3.63, 3.8) is 0 Å². The fraction of sp³-hybridized carbons (Fsp3) is 0.400. The molecular weight excluding hydrogens is 324 g/mol. The molecule has 2 heterocycles. The third-order valence-corrected chi connectivity index (χ3v) is 7.63. The fourth-order valence-corrected chi connectivity index (χ4v) is 6.41. The first-order chi connectivity index (χ1) is 10.1. The number of hydrogen-bond acceptors (Lipinski definition) is 4. The number of thiazole rings is 1. The van der Waals surface area contributed by atoms with Gasteiger partial charge in [0.05, 0.1) is 20.7 Å². The van der Waals surface area contributed by atoms with Gasteiger partial charge >= 0.3 is 0 Å². The summed E-state index contributed by atoms with van der Waals surface area (Å²) >= 11 is 7.42. The van der Waals surface area contributed by atoms with E-state index in [9.17, 15) is 4.21 Å². The molecule has 1 fully saturated rings. The van der Waals surface area contributed by atoms with E-state index in [2.05, 4.69) is 16.3 Å². The summed E-state index contributed by atoms with van der Waals surface area (Å²) < 4.78 is 17.8. The maximum atomic E-state index is 13.2. The van der Waals surface area contributed by atoms with Crippen LogP contribution in [0.4, 0.5) is 5.13 Å². The summed E-state index contributed by atoms with van der Waals surface area (Å²) in [5.41, 5.74) is 2.08. The summed E-state index contributed by atoms with van der Waals surface area (Å²) in [6.07, 6.45) is 2.74. The zero-order chi connectivity index (χ0) is 14.9. The van der Waals surface area contributed by atoms with Crippen LogP contribution in [0.2, 0.25) is 5.02 Å². The van der Waals surface area contributed by atoms with Crippen molar-refractivity contribution < 1.29 is 4.21 Å². The standard InChI is InChI=1S/C15H17ClN2OS2/c1-2-13-10-20-15(17-13)18-21(19)9-3-4-14(21)11-5-7-12(16)8-6-11/h5-8,10,14H,2-4,9H2,1H3. The van der Waals surface area contributed by atoms with Crippen LogP contribution in [0.25, 0.3) is 0 Å². The molecule has 0 saturated carbocycles. The van der Waals surface area contributed by atoms with Crippen LogP contribution in [0.3, 0.4) is 0 Å². The van der Waals surface area contributed by atoms with Gasteiger partial charge in [0.25, 0.3) is 0 Å². The number of aryl methyl sites for hydroxylation is 1. The first kappa shape index (κ1) is 15.0. The van der Waals surface area contributed by atoms with Gasteiger partial charge in [-0.15, -0.1) is 11.3 Å². The van der Waals surface area contributed by atoms with Crippen molar-refractivity contribution in [2.24, 2.45) is 4.36 Å². The highest BCUT2D eigenvalue weighted by molar-refractivity contribution is 7.94. The zero-order valence-corrected chi connectivity index (χ0v) is 14.2. The van der Waals surface area contributed by atoms with E-state index < -0.39 is 9.73 Å². The van der Waals surface area contributed by atoms with Crippen LogP contribution in [0.15, 0.2) is 34.0 Å². The molecule has 0 bridgehead atoms. The minimum absolute atomic E-state index is 0.0104. The number of nitrogens with zero attached hydrogens (tertiary/aromatic N) is 2. The molecule has 112 valence electrons. The van der Waals surface area contributed by atoms with Gasteiger partial charge in [-0.3, -0.25) is 0 Å². The first-order valence-corrected chi connectivity index (χ1v) is 10.0. The van der Waals surface area contributed by atoms with E-state index in [0.29, 0.717) is 15.9 Å². The summed E-state index contributed by atoms with van der Waals surface area (Å²) in [6.45, 7) is 2.06. The van der Waals surface area contributed by atoms with Gasteiger partial charge in [-0.2, -0.15) is 4.36 Å². The van der Waals surface area contributed by atoms with Crippen molar-refractivity contribution in [3.05, 3.63) is 45.9 Å². The minimum atomic E-state index is -2.28. The predicted octanol–water partition coefficient (Wildman–Crippen LogP) is 4.99. The SMILES string of the molecule is CCc1csc(N=S2(=O)CCCC2c2ccc(Cl)cc2)n1. The number of halogens is 1. The summed E-state index contributed by atoms with van der Waals surface area (Å²) in [5, 5.41) is 3.34. The average molecular weight is 341 g/mol. The summed E-state index contributed by atoms with van der Waals surface area (Å²) in [4.78, 5) is 4.43. The second kappa shape index (κ2) is 6.07. The number of rotatable bonds is 3. The molecule has 3 nitrogen and oxygen atoms in total. The number of aromatic nitrogens is 1. The predicted molar refractivity (Wildman–Crippen MR) is 90.0 cm³/mol. The van der Waals surface area contributed by atoms with Crippen molar-refractivity contribution in [2.45, 2.75) is 31.4 Å². The smallest absolute Gasteiger partial charge is 0.217 e. The van der Waals surface area contributed by atoms with Crippen LogP contribution < -0.4 is 0 Å². The summed E-state index contributed by atoms with van der Waals surface area (Å²) in [7, 11) is -2.28. The van der Waals surface area contributed by atoms with Crippen molar-refractivity contribution in [2.75, 3.05) is 5.75 Å². The Balaban J connectivity index is 1.98. The molecule has 1 aliphatic heterocycles. The maximum absolute atomic E-state index is 13.2. The van der Waals surface area contributed by atoms with Crippen LogP contribution in [-0.2, 0) is 16.1 Å². The molecule has 1 aromatic heterocycles. The lowest BCUT2D eigenvalue weighted by molar-refractivity contribution is 0.672. The van der Waals surface area contributed by atoms with E-state index >= 15 is 0 Å². The Labute approximate surface area is 134 Å². The Morgan fingerprint density at radius 3 is 2.86 bits per heavy atom. The van der Waals surface area contributed by atoms with Gasteiger partial charge in [-0.25, -0.2) is 9.19 Å². The molecule has 0 radical (unpaired) electrons.